The normalized spacial score (nSPS) is 10.6. The van der Waals surface area contributed by atoms with Crippen molar-refractivity contribution >= 4 is 21.8 Å². The highest BCUT2D eigenvalue weighted by Gasteiger charge is 2.12. The molecule has 0 saturated heterocycles. The third-order valence-corrected chi connectivity index (χ3v) is 3.63. The maximum absolute atomic E-state index is 13.5. The number of carbonyl (C=O) groups is 1. The monoisotopic (exact) mass is 352 g/mol. The fourth-order valence-electron chi connectivity index (χ4n) is 2.19. The number of aromatic nitrogens is 1. The first-order valence-electron chi connectivity index (χ1n) is 6.99. The summed E-state index contributed by atoms with van der Waals surface area (Å²) in [7, 11) is 0. The predicted octanol–water partition coefficient (Wildman–Crippen LogP) is 3.77. The number of hydrogen-bond acceptors (Lipinski definition) is 1. The van der Waals surface area contributed by atoms with Crippen molar-refractivity contribution in [2.75, 3.05) is 6.54 Å². The zero-order valence-electron chi connectivity index (χ0n) is 11.9. The van der Waals surface area contributed by atoms with Gasteiger partial charge < -0.3 is 9.88 Å². The molecule has 0 fully saturated rings. The van der Waals surface area contributed by atoms with E-state index in [0.717, 1.165) is 17.4 Å². The van der Waals surface area contributed by atoms with Gasteiger partial charge in [0.1, 0.15) is 11.5 Å². The van der Waals surface area contributed by atoms with Crippen molar-refractivity contribution in [1.29, 1.82) is 0 Å². The molecule has 0 atom stereocenters. The first kappa shape index (κ1) is 15.8. The number of benzene rings is 1. The Bertz CT molecular complexity index is 624. The first-order chi connectivity index (χ1) is 10.1. The fourth-order valence-corrected chi connectivity index (χ4v) is 2.66. The van der Waals surface area contributed by atoms with E-state index in [2.05, 4.69) is 28.2 Å². The standard InChI is InChI=1S/C16H18BrFN2O/c1-2-9-20-11-13(17)10-15(20)16(21)19-8-7-12-5-3-4-6-14(12)18/h3-6,10-11H,2,7-9H2,1H3,(H,19,21). The Morgan fingerprint density at radius 3 is 2.86 bits per heavy atom. The summed E-state index contributed by atoms with van der Waals surface area (Å²) in [6, 6.07) is 8.42. The third kappa shape index (κ3) is 4.17. The maximum Gasteiger partial charge on any atom is 0.267 e. The third-order valence-electron chi connectivity index (χ3n) is 3.20. The average molecular weight is 353 g/mol. The molecule has 1 aromatic heterocycles. The Labute approximate surface area is 132 Å². The van der Waals surface area contributed by atoms with Gasteiger partial charge in [0.25, 0.3) is 5.91 Å². The molecule has 1 N–H and O–H groups in total. The average Bonchev–Trinajstić information content (AvgIpc) is 2.82. The van der Waals surface area contributed by atoms with E-state index < -0.39 is 0 Å². The van der Waals surface area contributed by atoms with E-state index in [1.807, 2.05) is 10.8 Å². The molecular formula is C16H18BrFN2O. The lowest BCUT2D eigenvalue weighted by atomic mass is 10.1. The summed E-state index contributed by atoms with van der Waals surface area (Å²) >= 11 is 3.39. The van der Waals surface area contributed by atoms with E-state index in [1.165, 1.54) is 6.07 Å². The number of rotatable bonds is 6. The van der Waals surface area contributed by atoms with Crippen LogP contribution in [0.15, 0.2) is 41.0 Å². The van der Waals surface area contributed by atoms with Crippen LogP contribution >= 0.6 is 15.9 Å². The predicted molar refractivity (Wildman–Crippen MR) is 84.9 cm³/mol. The van der Waals surface area contributed by atoms with Crippen LogP contribution in [0.4, 0.5) is 4.39 Å². The van der Waals surface area contributed by atoms with Gasteiger partial charge in [-0.15, -0.1) is 0 Å². The molecule has 0 radical (unpaired) electrons. The molecule has 0 unspecified atom stereocenters. The Morgan fingerprint density at radius 1 is 1.38 bits per heavy atom. The zero-order valence-corrected chi connectivity index (χ0v) is 13.5. The van der Waals surface area contributed by atoms with Gasteiger partial charge in [-0.3, -0.25) is 4.79 Å². The number of nitrogens with zero attached hydrogens (tertiary/aromatic N) is 1. The molecule has 0 bridgehead atoms. The van der Waals surface area contributed by atoms with Gasteiger partial charge in [0.05, 0.1) is 0 Å². The molecular weight excluding hydrogens is 335 g/mol. The molecule has 1 aromatic carbocycles. The highest BCUT2D eigenvalue weighted by atomic mass is 79.9. The van der Waals surface area contributed by atoms with Crippen LogP contribution in [0.25, 0.3) is 0 Å². The van der Waals surface area contributed by atoms with E-state index >= 15 is 0 Å². The minimum absolute atomic E-state index is 0.134. The van der Waals surface area contributed by atoms with Gasteiger partial charge >= 0.3 is 0 Å². The first-order valence-corrected chi connectivity index (χ1v) is 7.78. The molecule has 0 aliphatic rings. The minimum atomic E-state index is -0.233. The maximum atomic E-state index is 13.5. The molecule has 1 heterocycles. The van der Waals surface area contributed by atoms with Crippen molar-refractivity contribution in [2.24, 2.45) is 0 Å². The lowest BCUT2D eigenvalue weighted by molar-refractivity contribution is 0.0944. The second-order valence-corrected chi connectivity index (χ2v) is 5.75. The van der Waals surface area contributed by atoms with E-state index in [4.69, 9.17) is 0 Å². The van der Waals surface area contributed by atoms with Crippen LogP contribution in [-0.4, -0.2) is 17.0 Å². The van der Waals surface area contributed by atoms with Crippen LogP contribution in [0.3, 0.4) is 0 Å². The van der Waals surface area contributed by atoms with Crippen molar-refractivity contribution in [1.82, 2.24) is 9.88 Å². The molecule has 2 aromatic rings. The van der Waals surface area contributed by atoms with E-state index in [0.29, 0.717) is 24.2 Å². The molecule has 112 valence electrons. The Morgan fingerprint density at radius 2 is 2.14 bits per heavy atom. The van der Waals surface area contributed by atoms with E-state index in [1.54, 1.807) is 24.3 Å². The quantitative estimate of drug-likeness (QED) is 0.843. The van der Waals surface area contributed by atoms with Crippen LogP contribution in [0.1, 0.15) is 29.4 Å². The van der Waals surface area contributed by atoms with Crippen LogP contribution < -0.4 is 5.32 Å². The SMILES string of the molecule is CCCn1cc(Br)cc1C(=O)NCCc1ccccc1F. The van der Waals surface area contributed by atoms with Gasteiger partial charge in [0.2, 0.25) is 0 Å². The number of amides is 1. The molecule has 1 amide bonds. The molecule has 0 aliphatic carbocycles. The smallest absolute Gasteiger partial charge is 0.267 e. The summed E-state index contributed by atoms with van der Waals surface area (Å²) in [4.78, 5) is 12.2. The van der Waals surface area contributed by atoms with Gasteiger partial charge in [-0.1, -0.05) is 25.1 Å². The number of nitrogens with one attached hydrogen (secondary N) is 1. The summed E-state index contributed by atoms with van der Waals surface area (Å²) in [5.41, 5.74) is 1.24. The molecule has 0 aliphatic heterocycles. The van der Waals surface area contributed by atoms with E-state index in [9.17, 15) is 9.18 Å². The van der Waals surface area contributed by atoms with Gasteiger partial charge in [-0.25, -0.2) is 4.39 Å². The van der Waals surface area contributed by atoms with Crippen molar-refractivity contribution in [3.63, 3.8) is 0 Å². The topological polar surface area (TPSA) is 34.0 Å². The molecule has 0 spiro atoms. The van der Waals surface area contributed by atoms with Crippen molar-refractivity contribution < 1.29 is 9.18 Å². The summed E-state index contributed by atoms with van der Waals surface area (Å²) in [5.74, 6) is -0.366. The lowest BCUT2D eigenvalue weighted by Gasteiger charge is -2.09. The van der Waals surface area contributed by atoms with Crippen LogP contribution in [-0.2, 0) is 13.0 Å². The van der Waals surface area contributed by atoms with Gasteiger partial charge in [0, 0.05) is 23.8 Å². The highest BCUT2D eigenvalue weighted by molar-refractivity contribution is 9.10. The number of carbonyl (C=O) groups excluding carboxylic acids is 1. The molecule has 0 saturated carbocycles. The largest absolute Gasteiger partial charge is 0.350 e. The summed E-state index contributed by atoms with van der Waals surface area (Å²) in [6.07, 6.45) is 3.33. The van der Waals surface area contributed by atoms with Gasteiger partial charge in [-0.05, 0) is 46.5 Å². The van der Waals surface area contributed by atoms with Crippen LogP contribution in [0, 0.1) is 5.82 Å². The van der Waals surface area contributed by atoms with Crippen molar-refractivity contribution in [3.8, 4) is 0 Å². The van der Waals surface area contributed by atoms with Gasteiger partial charge in [0.15, 0.2) is 0 Å². The minimum Gasteiger partial charge on any atom is -0.350 e. The summed E-state index contributed by atoms with van der Waals surface area (Å²) in [6.45, 7) is 3.27. The number of halogens is 2. The Balaban J connectivity index is 1.94. The zero-order chi connectivity index (χ0) is 15.2. The molecule has 5 heteroatoms. The molecule has 21 heavy (non-hydrogen) atoms. The lowest BCUT2D eigenvalue weighted by Crippen LogP contribution is -2.28. The second kappa shape index (κ2) is 7.41. The van der Waals surface area contributed by atoms with Crippen LogP contribution in [0.2, 0.25) is 0 Å². The number of aryl methyl sites for hydroxylation is 1. The van der Waals surface area contributed by atoms with E-state index in [-0.39, 0.29) is 11.7 Å². The Hall–Kier alpha value is -1.62. The fraction of sp³-hybridized carbons (Fsp3) is 0.312. The second-order valence-electron chi connectivity index (χ2n) is 4.83. The van der Waals surface area contributed by atoms with Gasteiger partial charge in [-0.2, -0.15) is 0 Å². The highest BCUT2D eigenvalue weighted by Crippen LogP contribution is 2.15. The van der Waals surface area contributed by atoms with Crippen LogP contribution in [0.5, 0.6) is 0 Å². The number of hydrogen-bond donors (Lipinski definition) is 1. The van der Waals surface area contributed by atoms with Crippen molar-refractivity contribution in [2.45, 2.75) is 26.3 Å². The summed E-state index contributed by atoms with van der Waals surface area (Å²) < 4.78 is 16.3. The van der Waals surface area contributed by atoms with Crippen molar-refractivity contribution in [3.05, 3.63) is 58.1 Å². The molecule has 3 nitrogen and oxygen atoms in total. The molecule has 2 rings (SSSR count). The summed E-state index contributed by atoms with van der Waals surface area (Å²) in [5, 5.41) is 2.84. The Kier molecular flexibility index (Phi) is 5.56.